The van der Waals surface area contributed by atoms with Crippen molar-refractivity contribution in [3.8, 4) is 39.9 Å². The summed E-state index contributed by atoms with van der Waals surface area (Å²) in [6.45, 7) is 0. The average molecular weight is 871 g/mol. The van der Waals surface area contributed by atoms with Gasteiger partial charge in [-0.2, -0.15) is 0 Å². The quantitative estimate of drug-likeness (QED) is 0.177. The Kier molecular flexibility index (Phi) is 7.59. The van der Waals surface area contributed by atoms with E-state index in [9.17, 15) is 0 Å². The van der Waals surface area contributed by atoms with Crippen LogP contribution in [0.3, 0.4) is 0 Å². The van der Waals surface area contributed by atoms with Crippen LogP contribution in [-0.4, -0.2) is 19.5 Å². The monoisotopic (exact) mass is 870 g/mol. The van der Waals surface area contributed by atoms with Gasteiger partial charge in [0.15, 0.2) is 17.5 Å². The highest BCUT2D eigenvalue weighted by Gasteiger charge is 2.26. The van der Waals surface area contributed by atoms with E-state index in [0.29, 0.717) is 17.5 Å². The number of benzene rings is 11. The van der Waals surface area contributed by atoms with E-state index >= 15 is 0 Å². The molecule has 11 aromatic carbocycles. The van der Waals surface area contributed by atoms with Gasteiger partial charge in [-0.3, -0.25) is 0 Å². The van der Waals surface area contributed by atoms with Crippen molar-refractivity contribution in [3.63, 3.8) is 0 Å². The number of rotatable bonds is 4. The molecule has 0 aliphatic carbocycles. The van der Waals surface area contributed by atoms with Gasteiger partial charge in [0.25, 0.3) is 0 Å². The first-order valence-corrected chi connectivity index (χ1v) is 23.4. The summed E-state index contributed by atoms with van der Waals surface area (Å²) in [7, 11) is 0. The Morgan fingerprint density at radius 1 is 0.373 bits per heavy atom. The molecule has 0 bridgehead atoms. The fraction of sp³-hybridized carbons (Fsp3) is 0. The van der Waals surface area contributed by atoms with E-state index in [1.807, 2.05) is 35.6 Å². The van der Waals surface area contributed by atoms with Crippen molar-refractivity contribution < 1.29 is 4.42 Å². The van der Waals surface area contributed by atoms with Crippen molar-refractivity contribution in [3.05, 3.63) is 206 Å². The van der Waals surface area contributed by atoms with Gasteiger partial charge in [0.05, 0.1) is 21.4 Å². The summed E-state index contributed by atoms with van der Waals surface area (Å²) in [5.74, 6) is 1.77. The molecule has 5 nitrogen and oxygen atoms in total. The van der Waals surface area contributed by atoms with Crippen molar-refractivity contribution >= 4 is 118 Å². The Hall–Kier alpha value is -8.71. The molecular formula is C61H34N4OS. The molecule has 0 radical (unpaired) electrons. The van der Waals surface area contributed by atoms with Crippen LogP contribution in [0.4, 0.5) is 0 Å². The maximum Gasteiger partial charge on any atom is 0.166 e. The number of para-hydroxylation sites is 1. The maximum atomic E-state index is 6.44. The zero-order valence-electron chi connectivity index (χ0n) is 35.7. The molecule has 6 heteroatoms. The Labute approximate surface area is 386 Å². The zero-order valence-corrected chi connectivity index (χ0v) is 36.6. The van der Waals surface area contributed by atoms with Gasteiger partial charge in [0.1, 0.15) is 11.2 Å². The van der Waals surface area contributed by atoms with E-state index in [-0.39, 0.29) is 0 Å². The van der Waals surface area contributed by atoms with E-state index < -0.39 is 0 Å². The molecule has 0 saturated carbocycles. The van der Waals surface area contributed by atoms with Crippen molar-refractivity contribution in [2.24, 2.45) is 0 Å². The first kappa shape index (κ1) is 36.6. The van der Waals surface area contributed by atoms with E-state index in [4.69, 9.17) is 19.4 Å². The second-order valence-electron chi connectivity index (χ2n) is 17.5. The molecule has 0 aliphatic rings. The van der Waals surface area contributed by atoms with E-state index in [2.05, 4.69) is 187 Å². The first-order chi connectivity index (χ1) is 33.2. The van der Waals surface area contributed by atoms with E-state index in [0.717, 1.165) is 66.1 Å². The van der Waals surface area contributed by atoms with Gasteiger partial charge in [-0.1, -0.05) is 158 Å². The molecule has 0 aliphatic heterocycles. The summed E-state index contributed by atoms with van der Waals surface area (Å²) < 4.78 is 11.4. The fourth-order valence-corrected chi connectivity index (χ4v) is 11.9. The smallest absolute Gasteiger partial charge is 0.166 e. The minimum Gasteiger partial charge on any atom is -0.456 e. The molecule has 0 unspecified atom stereocenters. The van der Waals surface area contributed by atoms with Crippen LogP contribution in [0.5, 0.6) is 0 Å². The SMILES string of the molecule is c1ccc2cc(-c3nc(-c4ccc5c(sc6cc7ccccc7cc65)c4-n4c5cc6ccccc6cc5c5ccc6ccccc6c54)nc(-c4cccc5oc6ccccc6c45)n3)ccc2c1. The van der Waals surface area contributed by atoms with Crippen molar-refractivity contribution in [2.75, 3.05) is 0 Å². The number of hydrogen-bond donors (Lipinski definition) is 0. The Balaban J connectivity index is 1.12. The predicted octanol–water partition coefficient (Wildman–Crippen LogP) is 16.8. The van der Waals surface area contributed by atoms with Crippen molar-refractivity contribution in [1.29, 1.82) is 0 Å². The summed E-state index contributed by atoms with van der Waals surface area (Å²) >= 11 is 1.84. The molecule has 0 amide bonds. The predicted molar refractivity (Wildman–Crippen MR) is 281 cm³/mol. The Bertz CT molecular complexity index is 4600. The molecule has 4 aromatic heterocycles. The van der Waals surface area contributed by atoms with Crippen LogP contribution in [0.25, 0.3) is 147 Å². The lowest BCUT2D eigenvalue weighted by Gasteiger charge is -2.17. The molecule has 0 atom stereocenters. The maximum absolute atomic E-state index is 6.44. The Morgan fingerprint density at radius 2 is 0.970 bits per heavy atom. The number of fused-ring (bicyclic) bond motifs is 14. The van der Waals surface area contributed by atoms with E-state index in [1.54, 1.807) is 0 Å². The third-order valence-corrected chi connectivity index (χ3v) is 14.9. The Morgan fingerprint density at radius 3 is 1.78 bits per heavy atom. The summed E-state index contributed by atoms with van der Waals surface area (Å²) in [5, 5.41) is 16.3. The molecule has 15 aromatic rings. The number of hydrogen-bond acceptors (Lipinski definition) is 5. The molecule has 0 N–H and O–H groups in total. The minimum absolute atomic E-state index is 0.581. The molecular weight excluding hydrogens is 837 g/mol. The molecule has 0 spiro atoms. The lowest BCUT2D eigenvalue weighted by atomic mass is 10.0. The van der Waals surface area contributed by atoms with Crippen LogP contribution in [0.15, 0.2) is 211 Å². The lowest BCUT2D eigenvalue weighted by molar-refractivity contribution is 0.669. The van der Waals surface area contributed by atoms with Gasteiger partial charge >= 0.3 is 0 Å². The van der Waals surface area contributed by atoms with Gasteiger partial charge in [-0.15, -0.1) is 11.3 Å². The summed E-state index contributed by atoms with van der Waals surface area (Å²) in [4.78, 5) is 16.5. The first-order valence-electron chi connectivity index (χ1n) is 22.6. The molecule has 4 heterocycles. The normalized spacial score (nSPS) is 12.2. The molecule has 310 valence electrons. The van der Waals surface area contributed by atoms with Gasteiger partial charge < -0.3 is 8.98 Å². The number of thiophene rings is 1. The topological polar surface area (TPSA) is 56.7 Å². The highest BCUT2D eigenvalue weighted by molar-refractivity contribution is 7.26. The minimum atomic E-state index is 0.581. The van der Waals surface area contributed by atoms with Crippen molar-refractivity contribution in [1.82, 2.24) is 19.5 Å². The van der Waals surface area contributed by atoms with Crippen LogP contribution in [-0.2, 0) is 0 Å². The van der Waals surface area contributed by atoms with Crippen LogP contribution < -0.4 is 0 Å². The standard InChI is InChI=1S/C61H34N4OS/c1-2-14-37-30-42(25-24-35(37)12-1)59-62-60(47-21-11-23-53-55(47)46-20-9-10-22-52(46)66-53)64-61(63-59)48-29-28-45-50-32-39-16-4-6-18-41(39)34-54(50)67-58(45)57(48)65-51-33-40-17-5-3-15-38(40)31-49(51)44-27-26-36-13-7-8-19-43(36)56(44)65/h1-34H. The van der Waals surface area contributed by atoms with Crippen molar-refractivity contribution in [2.45, 2.75) is 0 Å². The third-order valence-electron chi connectivity index (χ3n) is 13.8. The molecule has 15 rings (SSSR count). The number of nitrogens with zero attached hydrogens (tertiary/aromatic N) is 4. The van der Waals surface area contributed by atoms with Crippen LogP contribution >= 0.6 is 11.3 Å². The largest absolute Gasteiger partial charge is 0.456 e. The fourth-order valence-electron chi connectivity index (χ4n) is 10.6. The van der Waals surface area contributed by atoms with E-state index in [1.165, 1.54) is 63.3 Å². The van der Waals surface area contributed by atoms with Gasteiger partial charge in [-0.05, 0) is 86.2 Å². The highest BCUT2D eigenvalue weighted by atomic mass is 32.1. The summed E-state index contributed by atoms with van der Waals surface area (Å²) in [6.07, 6.45) is 0. The summed E-state index contributed by atoms with van der Waals surface area (Å²) in [5.41, 5.74) is 7.65. The average Bonchev–Trinajstić information content (AvgIpc) is 4.06. The molecule has 67 heavy (non-hydrogen) atoms. The molecule has 0 saturated heterocycles. The second kappa shape index (κ2) is 13.9. The van der Waals surface area contributed by atoms with Crippen LogP contribution in [0, 0.1) is 0 Å². The van der Waals surface area contributed by atoms with Crippen LogP contribution in [0.1, 0.15) is 0 Å². The second-order valence-corrected chi connectivity index (χ2v) is 18.6. The van der Waals surface area contributed by atoms with Gasteiger partial charge in [0, 0.05) is 59.1 Å². The van der Waals surface area contributed by atoms with Gasteiger partial charge in [0.2, 0.25) is 0 Å². The number of aromatic nitrogens is 4. The molecule has 0 fully saturated rings. The number of furan rings is 1. The lowest BCUT2D eigenvalue weighted by Crippen LogP contribution is -2.04. The summed E-state index contributed by atoms with van der Waals surface area (Å²) in [6, 6.07) is 73.9. The van der Waals surface area contributed by atoms with Crippen LogP contribution in [0.2, 0.25) is 0 Å². The zero-order chi connectivity index (χ0) is 43.7. The third kappa shape index (κ3) is 5.45. The highest BCUT2D eigenvalue weighted by Crippen LogP contribution is 2.48. The van der Waals surface area contributed by atoms with Gasteiger partial charge in [-0.25, -0.2) is 15.0 Å².